The van der Waals surface area contributed by atoms with Crippen LogP contribution in [0.3, 0.4) is 0 Å². The summed E-state index contributed by atoms with van der Waals surface area (Å²) >= 11 is 3.33. The Bertz CT molecular complexity index is 847. The zero-order valence-electron chi connectivity index (χ0n) is 13.3. The van der Waals surface area contributed by atoms with Crippen LogP contribution in [0.5, 0.6) is 11.5 Å². The third kappa shape index (κ3) is 6.08. The second-order valence-electron chi connectivity index (χ2n) is 4.98. The highest BCUT2D eigenvalue weighted by Gasteiger charge is 2.04. The van der Waals surface area contributed by atoms with Crippen molar-refractivity contribution in [2.24, 2.45) is 0 Å². The van der Waals surface area contributed by atoms with E-state index in [1.54, 1.807) is 6.08 Å². The van der Waals surface area contributed by atoms with Crippen LogP contribution in [0.4, 0.5) is 0 Å². The molecule has 8 heteroatoms. The lowest BCUT2D eigenvalue weighted by Gasteiger charge is -2.07. The smallest absolute Gasteiger partial charge is 0.276 e. The van der Waals surface area contributed by atoms with Gasteiger partial charge in [-0.3, -0.25) is 14.8 Å². The molecular formula is C18H15BrN2O5. The summed E-state index contributed by atoms with van der Waals surface area (Å²) in [6, 6.07) is 11.6. The molecule has 7 nitrogen and oxygen atoms in total. The van der Waals surface area contributed by atoms with E-state index in [0.717, 1.165) is 16.1 Å². The summed E-state index contributed by atoms with van der Waals surface area (Å²) in [5.41, 5.74) is 4.80. The largest absolute Gasteiger partial charge is 0.507 e. The molecule has 134 valence electrons. The molecule has 2 amide bonds. The van der Waals surface area contributed by atoms with Crippen molar-refractivity contribution in [3.05, 3.63) is 70.2 Å². The number of nitrogens with one attached hydrogen (secondary N) is 2. The highest BCUT2D eigenvalue weighted by atomic mass is 79.9. The molecule has 0 heterocycles. The van der Waals surface area contributed by atoms with Gasteiger partial charge in [-0.2, -0.15) is 5.48 Å². The first-order valence-corrected chi connectivity index (χ1v) is 8.13. The van der Waals surface area contributed by atoms with Crippen LogP contribution in [0, 0.1) is 0 Å². The Morgan fingerprint density at radius 2 is 1.69 bits per heavy atom. The zero-order chi connectivity index (χ0) is 18.9. The normalized spacial score (nSPS) is 10.8. The number of phenolic OH excluding ortho intramolecular Hbond substituents is 1. The van der Waals surface area contributed by atoms with Crippen molar-refractivity contribution in [1.29, 1.82) is 0 Å². The SMILES string of the molecule is O=C(C=Cc1cc(ONC(=O)C=Cc2ccc(Br)cc2)ccc1O)NO. The molecule has 0 bridgehead atoms. The van der Waals surface area contributed by atoms with Gasteiger partial charge in [0.05, 0.1) is 0 Å². The lowest BCUT2D eigenvalue weighted by atomic mass is 10.2. The molecule has 0 fully saturated rings. The predicted molar refractivity (Wildman–Crippen MR) is 99.0 cm³/mol. The van der Waals surface area contributed by atoms with Gasteiger partial charge in [-0.15, -0.1) is 0 Å². The molecular weight excluding hydrogens is 404 g/mol. The van der Waals surface area contributed by atoms with Crippen molar-refractivity contribution < 1.29 is 24.7 Å². The standard InChI is InChI=1S/C18H15BrN2O5/c19-14-5-1-12(2-6-14)3-9-18(24)21-26-15-7-8-16(22)13(11-15)4-10-17(23)20-25/h1-11,22,25H,(H,20,23)(H,21,24). The van der Waals surface area contributed by atoms with Gasteiger partial charge in [0, 0.05) is 22.2 Å². The summed E-state index contributed by atoms with van der Waals surface area (Å²) < 4.78 is 0.941. The number of carbonyl (C=O) groups excluding carboxylic acids is 2. The third-order valence-corrected chi connectivity index (χ3v) is 3.62. The van der Waals surface area contributed by atoms with Crippen LogP contribution < -0.4 is 15.8 Å². The molecule has 26 heavy (non-hydrogen) atoms. The Morgan fingerprint density at radius 1 is 1.00 bits per heavy atom. The Labute approximate surface area is 157 Å². The van der Waals surface area contributed by atoms with Crippen LogP contribution in [0.1, 0.15) is 11.1 Å². The van der Waals surface area contributed by atoms with Crippen molar-refractivity contribution in [1.82, 2.24) is 11.0 Å². The van der Waals surface area contributed by atoms with E-state index >= 15 is 0 Å². The molecule has 0 aliphatic heterocycles. The van der Waals surface area contributed by atoms with Gasteiger partial charge in [0.2, 0.25) is 0 Å². The molecule has 2 aromatic carbocycles. The Kier molecular flexibility index (Phi) is 6.95. The highest BCUT2D eigenvalue weighted by molar-refractivity contribution is 9.10. The lowest BCUT2D eigenvalue weighted by Crippen LogP contribution is -2.24. The molecule has 0 aliphatic rings. The maximum atomic E-state index is 11.8. The van der Waals surface area contributed by atoms with Crippen LogP contribution in [-0.2, 0) is 9.59 Å². The summed E-state index contributed by atoms with van der Waals surface area (Å²) in [6.07, 6.45) is 5.25. The van der Waals surface area contributed by atoms with Gasteiger partial charge < -0.3 is 9.94 Å². The third-order valence-electron chi connectivity index (χ3n) is 3.09. The number of aromatic hydroxyl groups is 1. The minimum Gasteiger partial charge on any atom is -0.507 e. The van der Waals surface area contributed by atoms with Crippen molar-refractivity contribution in [3.8, 4) is 11.5 Å². The molecule has 0 saturated heterocycles. The zero-order valence-corrected chi connectivity index (χ0v) is 14.9. The van der Waals surface area contributed by atoms with Crippen molar-refractivity contribution in [2.45, 2.75) is 0 Å². The summed E-state index contributed by atoms with van der Waals surface area (Å²) in [5, 5.41) is 18.2. The molecule has 4 N–H and O–H groups in total. The maximum Gasteiger partial charge on any atom is 0.276 e. The van der Waals surface area contributed by atoms with E-state index in [4.69, 9.17) is 10.0 Å². The molecule has 0 radical (unpaired) electrons. The van der Waals surface area contributed by atoms with Crippen molar-refractivity contribution >= 4 is 39.9 Å². The molecule has 0 spiro atoms. The first kappa shape index (κ1) is 19.2. The topological polar surface area (TPSA) is 108 Å². The van der Waals surface area contributed by atoms with E-state index < -0.39 is 11.8 Å². The molecule has 0 atom stereocenters. The Balaban J connectivity index is 1.96. The van der Waals surface area contributed by atoms with Gasteiger partial charge >= 0.3 is 0 Å². The number of phenols is 1. The average Bonchev–Trinajstić information content (AvgIpc) is 2.65. The van der Waals surface area contributed by atoms with Gasteiger partial charge in [0.1, 0.15) is 5.75 Å². The average molecular weight is 419 g/mol. The quantitative estimate of drug-likeness (QED) is 0.327. The maximum absolute atomic E-state index is 11.8. The van der Waals surface area contributed by atoms with Gasteiger partial charge in [0.25, 0.3) is 11.8 Å². The highest BCUT2D eigenvalue weighted by Crippen LogP contribution is 2.23. The fraction of sp³-hybridized carbons (Fsp3) is 0. The van der Waals surface area contributed by atoms with Gasteiger partial charge in [-0.25, -0.2) is 5.48 Å². The number of hydroxylamine groups is 2. The van der Waals surface area contributed by atoms with Gasteiger partial charge in [0.15, 0.2) is 5.75 Å². The van der Waals surface area contributed by atoms with Crippen LogP contribution in [0.15, 0.2) is 59.1 Å². The Morgan fingerprint density at radius 3 is 2.38 bits per heavy atom. The van der Waals surface area contributed by atoms with Crippen LogP contribution in [0.25, 0.3) is 12.2 Å². The lowest BCUT2D eigenvalue weighted by molar-refractivity contribution is -0.124. The molecule has 0 unspecified atom stereocenters. The van der Waals surface area contributed by atoms with Crippen molar-refractivity contribution in [2.75, 3.05) is 0 Å². The van der Waals surface area contributed by atoms with E-state index in [2.05, 4.69) is 21.4 Å². The Hall–Kier alpha value is -3.10. The molecule has 0 aliphatic carbocycles. The van der Waals surface area contributed by atoms with Crippen LogP contribution in [0.2, 0.25) is 0 Å². The molecule has 0 aromatic heterocycles. The van der Waals surface area contributed by atoms with E-state index in [-0.39, 0.29) is 17.1 Å². The number of halogens is 1. The second-order valence-corrected chi connectivity index (χ2v) is 5.90. The number of rotatable bonds is 6. The molecule has 2 aromatic rings. The summed E-state index contributed by atoms with van der Waals surface area (Å²) in [4.78, 5) is 27.9. The van der Waals surface area contributed by atoms with Crippen LogP contribution >= 0.6 is 15.9 Å². The van der Waals surface area contributed by atoms with E-state index in [9.17, 15) is 14.7 Å². The minimum absolute atomic E-state index is 0.0965. The summed E-state index contributed by atoms with van der Waals surface area (Å²) in [5.74, 6) is -1.07. The number of hydrogen-bond acceptors (Lipinski definition) is 5. The monoisotopic (exact) mass is 418 g/mol. The second kappa shape index (κ2) is 9.40. The first-order valence-electron chi connectivity index (χ1n) is 7.33. The fourth-order valence-electron chi connectivity index (χ4n) is 1.82. The number of carbonyl (C=O) groups is 2. The number of benzene rings is 2. The summed E-state index contributed by atoms with van der Waals surface area (Å²) in [6.45, 7) is 0. The van der Waals surface area contributed by atoms with E-state index in [1.807, 2.05) is 24.3 Å². The molecule has 0 saturated carbocycles. The van der Waals surface area contributed by atoms with E-state index in [1.165, 1.54) is 35.8 Å². The van der Waals surface area contributed by atoms with Crippen LogP contribution in [-0.4, -0.2) is 22.1 Å². The van der Waals surface area contributed by atoms with Gasteiger partial charge in [-0.05, 0) is 48.0 Å². The van der Waals surface area contributed by atoms with Gasteiger partial charge in [-0.1, -0.05) is 28.1 Å². The number of amides is 2. The first-order chi connectivity index (χ1) is 12.5. The van der Waals surface area contributed by atoms with E-state index in [0.29, 0.717) is 0 Å². The molecule has 2 rings (SSSR count). The minimum atomic E-state index is -0.748. The van der Waals surface area contributed by atoms with Crippen molar-refractivity contribution in [3.63, 3.8) is 0 Å². The fourth-order valence-corrected chi connectivity index (χ4v) is 2.09. The predicted octanol–water partition coefficient (Wildman–Crippen LogP) is 2.80. The number of hydrogen-bond donors (Lipinski definition) is 4. The summed E-state index contributed by atoms with van der Waals surface area (Å²) in [7, 11) is 0.